The Morgan fingerprint density at radius 2 is 2.27 bits per heavy atom. The SMILES string of the molecule is CN1Cc2ccccc2C(C#N)N1N=O. The number of benzene rings is 1. The predicted molar refractivity (Wildman–Crippen MR) is 53.9 cm³/mol. The minimum Gasteiger partial charge on any atom is -0.199 e. The molecular formula is C10H10N4O. The minimum absolute atomic E-state index is 0.597. The van der Waals surface area contributed by atoms with Gasteiger partial charge in [-0.2, -0.15) is 15.4 Å². The summed E-state index contributed by atoms with van der Waals surface area (Å²) in [6.07, 6.45) is 0. The van der Waals surface area contributed by atoms with Gasteiger partial charge in [-0.3, -0.25) is 0 Å². The van der Waals surface area contributed by atoms with Gasteiger partial charge in [0.1, 0.15) is 0 Å². The first kappa shape index (κ1) is 9.62. The second-order valence-corrected chi connectivity index (χ2v) is 3.45. The van der Waals surface area contributed by atoms with Crippen LogP contribution in [0, 0.1) is 16.2 Å². The van der Waals surface area contributed by atoms with Crippen LogP contribution < -0.4 is 0 Å². The maximum Gasteiger partial charge on any atom is 0.179 e. The van der Waals surface area contributed by atoms with Crippen molar-refractivity contribution in [3.63, 3.8) is 0 Å². The van der Waals surface area contributed by atoms with E-state index in [-0.39, 0.29) is 0 Å². The third-order valence-electron chi connectivity index (χ3n) is 2.54. The molecule has 5 heteroatoms. The van der Waals surface area contributed by atoms with E-state index < -0.39 is 6.04 Å². The van der Waals surface area contributed by atoms with Gasteiger partial charge in [-0.1, -0.05) is 24.3 Å². The molecule has 5 nitrogen and oxygen atoms in total. The quantitative estimate of drug-likeness (QED) is 0.649. The van der Waals surface area contributed by atoms with Crippen molar-refractivity contribution in [1.29, 1.82) is 5.26 Å². The van der Waals surface area contributed by atoms with Crippen LogP contribution in [0.3, 0.4) is 0 Å². The van der Waals surface area contributed by atoms with Crippen LogP contribution in [0.4, 0.5) is 0 Å². The Bertz CT molecular complexity index is 426. The highest BCUT2D eigenvalue weighted by molar-refractivity contribution is 5.34. The molecule has 0 amide bonds. The number of hydrogen-bond donors (Lipinski definition) is 0. The monoisotopic (exact) mass is 202 g/mol. The first-order valence-electron chi connectivity index (χ1n) is 4.59. The lowest BCUT2D eigenvalue weighted by Gasteiger charge is -2.35. The van der Waals surface area contributed by atoms with Gasteiger partial charge in [0.25, 0.3) is 0 Å². The van der Waals surface area contributed by atoms with Crippen molar-refractivity contribution in [3.8, 4) is 6.07 Å². The molecule has 0 fully saturated rings. The van der Waals surface area contributed by atoms with Crippen LogP contribution in [0.2, 0.25) is 0 Å². The Kier molecular flexibility index (Phi) is 2.35. The Morgan fingerprint density at radius 3 is 2.93 bits per heavy atom. The van der Waals surface area contributed by atoms with Gasteiger partial charge < -0.3 is 0 Å². The summed E-state index contributed by atoms with van der Waals surface area (Å²) in [7, 11) is 1.74. The molecule has 0 saturated carbocycles. The van der Waals surface area contributed by atoms with Gasteiger partial charge in [0.15, 0.2) is 6.04 Å². The molecule has 1 aromatic rings. The molecule has 0 N–H and O–H groups in total. The van der Waals surface area contributed by atoms with Crippen LogP contribution in [0.5, 0.6) is 0 Å². The molecule has 0 spiro atoms. The second-order valence-electron chi connectivity index (χ2n) is 3.45. The minimum atomic E-state index is -0.613. The van der Waals surface area contributed by atoms with E-state index in [0.29, 0.717) is 6.54 Å². The first-order valence-corrected chi connectivity index (χ1v) is 4.59. The van der Waals surface area contributed by atoms with E-state index in [1.54, 1.807) is 12.1 Å². The second kappa shape index (κ2) is 3.67. The summed E-state index contributed by atoms with van der Waals surface area (Å²) in [5.41, 5.74) is 1.92. The van der Waals surface area contributed by atoms with Crippen molar-refractivity contribution in [3.05, 3.63) is 40.3 Å². The summed E-state index contributed by atoms with van der Waals surface area (Å²) in [4.78, 5) is 10.6. The van der Waals surface area contributed by atoms with Crippen LogP contribution in [0.1, 0.15) is 17.2 Å². The average Bonchev–Trinajstić information content (AvgIpc) is 2.27. The molecule has 0 aliphatic carbocycles. The van der Waals surface area contributed by atoms with Crippen LogP contribution in [-0.2, 0) is 6.54 Å². The molecule has 0 aromatic heterocycles. The van der Waals surface area contributed by atoms with Crippen LogP contribution in [0.25, 0.3) is 0 Å². The molecule has 76 valence electrons. The molecule has 15 heavy (non-hydrogen) atoms. The summed E-state index contributed by atoms with van der Waals surface area (Å²) in [5.74, 6) is 0. The Morgan fingerprint density at radius 1 is 1.53 bits per heavy atom. The van der Waals surface area contributed by atoms with Crippen molar-refractivity contribution < 1.29 is 0 Å². The van der Waals surface area contributed by atoms with E-state index in [9.17, 15) is 4.91 Å². The zero-order valence-electron chi connectivity index (χ0n) is 8.29. The molecule has 1 aliphatic rings. The van der Waals surface area contributed by atoms with Crippen molar-refractivity contribution >= 4 is 0 Å². The molecule has 1 aliphatic heterocycles. The molecule has 1 heterocycles. The van der Waals surface area contributed by atoms with Gasteiger partial charge in [-0.25, -0.2) is 0 Å². The highest BCUT2D eigenvalue weighted by atomic mass is 16.3. The van der Waals surface area contributed by atoms with E-state index in [4.69, 9.17) is 5.26 Å². The summed E-state index contributed by atoms with van der Waals surface area (Å²) in [5, 5.41) is 14.7. The zero-order chi connectivity index (χ0) is 10.8. The van der Waals surface area contributed by atoms with Gasteiger partial charge >= 0.3 is 0 Å². The number of hydrazine groups is 1. The Hall–Kier alpha value is -1.93. The summed E-state index contributed by atoms with van der Waals surface area (Å²) in [6.45, 7) is 0.597. The number of hydrogen-bond acceptors (Lipinski definition) is 4. The third-order valence-corrected chi connectivity index (χ3v) is 2.54. The standard InChI is InChI=1S/C10H10N4O/c1-13-7-8-4-2-3-5-9(8)10(6-11)14(13)12-15/h2-5,10H,7H2,1H3. The molecule has 0 radical (unpaired) electrons. The first-order chi connectivity index (χ1) is 7.27. The van der Waals surface area contributed by atoms with Gasteiger partial charge in [-0.05, 0) is 11.1 Å². The molecule has 0 saturated heterocycles. The zero-order valence-corrected chi connectivity index (χ0v) is 8.29. The Balaban J connectivity index is 2.50. The van der Waals surface area contributed by atoms with Gasteiger partial charge in [0.05, 0.1) is 11.4 Å². The number of fused-ring (bicyclic) bond motifs is 1. The van der Waals surface area contributed by atoms with E-state index in [2.05, 4.69) is 11.4 Å². The molecule has 1 aromatic carbocycles. The molecule has 0 bridgehead atoms. The topological polar surface area (TPSA) is 59.7 Å². The average molecular weight is 202 g/mol. The van der Waals surface area contributed by atoms with E-state index in [0.717, 1.165) is 11.1 Å². The molecule has 1 unspecified atom stereocenters. The fraction of sp³-hybridized carbons (Fsp3) is 0.300. The third kappa shape index (κ3) is 1.45. The lowest BCUT2D eigenvalue weighted by Crippen LogP contribution is -2.41. The van der Waals surface area contributed by atoms with Crippen LogP contribution >= 0.6 is 0 Å². The van der Waals surface area contributed by atoms with Crippen LogP contribution in [0.15, 0.2) is 29.6 Å². The number of nitroso groups, excluding NO2 is 1. The van der Waals surface area contributed by atoms with Crippen molar-refractivity contribution in [1.82, 2.24) is 10.1 Å². The molecule has 1 atom stereocenters. The van der Waals surface area contributed by atoms with Crippen molar-refractivity contribution in [2.75, 3.05) is 7.05 Å². The Labute approximate surface area is 87.4 Å². The highest BCUT2D eigenvalue weighted by Gasteiger charge is 2.30. The summed E-state index contributed by atoms with van der Waals surface area (Å²) in [6, 6.07) is 9.06. The fourth-order valence-electron chi connectivity index (χ4n) is 1.82. The van der Waals surface area contributed by atoms with Crippen molar-refractivity contribution in [2.45, 2.75) is 12.6 Å². The largest absolute Gasteiger partial charge is 0.199 e. The highest BCUT2D eigenvalue weighted by Crippen LogP contribution is 2.30. The van der Waals surface area contributed by atoms with E-state index in [1.807, 2.05) is 24.3 Å². The molecule has 2 rings (SSSR count). The van der Waals surface area contributed by atoms with Crippen molar-refractivity contribution in [2.24, 2.45) is 5.29 Å². The number of rotatable bonds is 1. The van der Waals surface area contributed by atoms with Gasteiger partial charge in [0, 0.05) is 13.6 Å². The van der Waals surface area contributed by atoms with Gasteiger partial charge in [-0.15, -0.1) is 4.91 Å². The lowest BCUT2D eigenvalue weighted by atomic mass is 9.99. The van der Waals surface area contributed by atoms with Crippen LogP contribution in [-0.4, -0.2) is 17.2 Å². The normalized spacial score (nSPS) is 20.5. The maximum atomic E-state index is 10.6. The number of nitrogens with zero attached hydrogens (tertiary/aromatic N) is 4. The van der Waals surface area contributed by atoms with E-state index >= 15 is 0 Å². The van der Waals surface area contributed by atoms with E-state index in [1.165, 1.54) is 5.12 Å². The summed E-state index contributed by atoms with van der Waals surface area (Å²) < 4.78 is 0. The lowest BCUT2D eigenvalue weighted by molar-refractivity contribution is -0.0436. The molecular weight excluding hydrogens is 192 g/mol. The predicted octanol–water partition coefficient (Wildman–Crippen LogP) is 1.60. The smallest absolute Gasteiger partial charge is 0.179 e. The fourth-order valence-corrected chi connectivity index (χ4v) is 1.82. The number of nitriles is 1. The van der Waals surface area contributed by atoms with Gasteiger partial charge in [0.2, 0.25) is 0 Å². The summed E-state index contributed by atoms with van der Waals surface area (Å²) >= 11 is 0. The maximum absolute atomic E-state index is 10.6.